The number of hydrogen-bond donors (Lipinski definition) is 2. The molecular formula is C18H18F5N3S. The van der Waals surface area contributed by atoms with E-state index >= 15 is 0 Å². The van der Waals surface area contributed by atoms with E-state index in [1.54, 1.807) is 0 Å². The summed E-state index contributed by atoms with van der Waals surface area (Å²) in [5.74, 6) is -7.99. The molecule has 0 amide bonds. The first-order valence-corrected chi connectivity index (χ1v) is 9.31. The molecule has 0 radical (unpaired) electrons. The van der Waals surface area contributed by atoms with Gasteiger partial charge in [0.15, 0.2) is 28.4 Å². The third-order valence-corrected chi connectivity index (χ3v) is 6.21. The van der Waals surface area contributed by atoms with Crippen molar-refractivity contribution in [3.63, 3.8) is 0 Å². The lowest BCUT2D eigenvalue weighted by Gasteiger charge is -2.57. The van der Waals surface area contributed by atoms with E-state index in [0.717, 1.165) is 19.3 Å². The van der Waals surface area contributed by atoms with E-state index in [1.807, 2.05) is 0 Å². The Morgan fingerprint density at radius 2 is 1.30 bits per heavy atom. The molecule has 0 saturated heterocycles. The van der Waals surface area contributed by atoms with Crippen LogP contribution >= 0.6 is 12.2 Å². The van der Waals surface area contributed by atoms with Crippen LogP contribution in [0.3, 0.4) is 0 Å². The van der Waals surface area contributed by atoms with Gasteiger partial charge in [0.05, 0.1) is 11.8 Å². The molecule has 0 atom stereocenters. The monoisotopic (exact) mass is 403 g/mol. The van der Waals surface area contributed by atoms with Crippen molar-refractivity contribution in [2.75, 3.05) is 0 Å². The Hall–Kier alpha value is -1.77. The molecule has 4 aliphatic rings. The van der Waals surface area contributed by atoms with Gasteiger partial charge in [-0.05, 0) is 68.5 Å². The van der Waals surface area contributed by atoms with Crippen LogP contribution in [-0.4, -0.2) is 16.9 Å². The summed E-state index contributed by atoms with van der Waals surface area (Å²) in [4.78, 5) is 0. The molecule has 3 nitrogen and oxygen atoms in total. The van der Waals surface area contributed by atoms with Crippen LogP contribution in [-0.2, 0) is 0 Å². The van der Waals surface area contributed by atoms with Crippen molar-refractivity contribution < 1.29 is 22.0 Å². The molecule has 1 aromatic carbocycles. The second kappa shape index (κ2) is 6.68. The summed E-state index contributed by atoms with van der Waals surface area (Å²) in [7, 11) is 0. The normalized spacial score (nSPS) is 31.5. The van der Waals surface area contributed by atoms with Crippen LogP contribution in [0.1, 0.15) is 44.1 Å². The summed E-state index contributed by atoms with van der Waals surface area (Å²) in [6, 6.07) is 0. The lowest BCUT2D eigenvalue weighted by Crippen LogP contribution is -2.61. The Kier molecular flexibility index (Phi) is 4.60. The zero-order chi connectivity index (χ0) is 19.3. The largest absolute Gasteiger partial charge is 0.356 e. The van der Waals surface area contributed by atoms with Crippen LogP contribution < -0.4 is 10.7 Å². The van der Waals surface area contributed by atoms with Gasteiger partial charge in [-0.25, -0.2) is 22.0 Å². The van der Waals surface area contributed by atoms with Gasteiger partial charge < -0.3 is 5.32 Å². The van der Waals surface area contributed by atoms with Crippen molar-refractivity contribution in [3.05, 3.63) is 34.6 Å². The minimum absolute atomic E-state index is 0.0844. The molecule has 146 valence electrons. The summed E-state index contributed by atoms with van der Waals surface area (Å²) in [5.41, 5.74) is 1.23. The summed E-state index contributed by atoms with van der Waals surface area (Å²) < 4.78 is 66.7. The van der Waals surface area contributed by atoms with E-state index in [-0.39, 0.29) is 10.7 Å². The molecule has 9 heteroatoms. The van der Waals surface area contributed by atoms with Crippen molar-refractivity contribution in [2.24, 2.45) is 22.9 Å². The highest BCUT2D eigenvalue weighted by molar-refractivity contribution is 7.80. The van der Waals surface area contributed by atoms with Gasteiger partial charge in [-0.1, -0.05) is 0 Å². The highest BCUT2D eigenvalue weighted by atomic mass is 32.1. The Labute approximate surface area is 158 Å². The fraction of sp³-hybridized carbons (Fsp3) is 0.556. The lowest BCUT2D eigenvalue weighted by atomic mass is 9.53. The molecule has 1 aromatic rings. The number of benzene rings is 1. The first-order chi connectivity index (χ1) is 12.8. The van der Waals surface area contributed by atoms with Gasteiger partial charge in [0.1, 0.15) is 0 Å². The van der Waals surface area contributed by atoms with E-state index in [1.165, 1.54) is 19.3 Å². The van der Waals surface area contributed by atoms with Crippen LogP contribution in [0.4, 0.5) is 22.0 Å². The van der Waals surface area contributed by atoms with Crippen molar-refractivity contribution in [1.82, 2.24) is 10.7 Å². The number of rotatable bonds is 3. The minimum atomic E-state index is -2.20. The quantitative estimate of drug-likeness (QED) is 0.199. The van der Waals surface area contributed by atoms with E-state index in [9.17, 15) is 22.0 Å². The van der Waals surface area contributed by atoms with Gasteiger partial charge in [-0.2, -0.15) is 5.10 Å². The molecule has 4 bridgehead atoms. The fourth-order valence-electron chi connectivity index (χ4n) is 5.42. The van der Waals surface area contributed by atoms with Crippen molar-refractivity contribution in [3.8, 4) is 0 Å². The second-order valence-electron chi connectivity index (χ2n) is 8.01. The Morgan fingerprint density at radius 1 is 0.852 bits per heavy atom. The predicted molar refractivity (Wildman–Crippen MR) is 93.6 cm³/mol. The molecule has 0 aliphatic heterocycles. The van der Waals surface area contributed by atoms with E-state index in [0.29, 0.717) is 24.0 Å². The van der Waals surface area contributed by atoms with Crippen molar-refractivity contribution in [1.29, 1.82) is 0 Å². The SMILES string of the molecule is Fc1c(F)c(F)c(/C=N\NC(=S)NC23CC4CC(CC(C4)C2)C3)c(F)c1F. The summed E-state index contributed by atoms with van der Waals surface area (Å²) in [5, 5.41) is 7.02. The minimum Gasteiger partial charge on any atom is -0.356 e. The number of thiocarbonyl (C=S) groups is 1. The number of hydrogen-bond acceptors (Lipinski definition) is 2. The maximum absolute atomic E-state index is 13.6. The van der Waals surface area contributed by atoms with Gasteiger partial charge in [-0.3, -0.25) is 5.43 Å². The zero-order valence-electron chi connectivity index (χ0n) is 14.3. The van der Waals surface area contributed by atoms with E-state index in [2.05, 4.69) is 15.8 Å². The molecule has 0 heterocycles. The van der Waals surface area contributed by atoms with Crippen LogP contribution in [0.25, 0.3) is 0 Å². The van der Waals surface area contributed by atoms with Gasteiger partial charge in [0.25, 0.3) is 0 Å². The number of nitrogens with one attached hydrogen (secondary N) is 2. The smallest absolute Gasteiger partial charge is 0.200 e. The maximum atomic E-state index is 13.6. The van der Waals surface area contributed by atoms with Crippen LogP contribution in [0.15, 0.2) is 5.10 Å². The van der Waals surface area contributed by atoms with Crippen LogP contribution in [0.5, 0.6) is 0 Å². The molecule has 0 spiro atoms. The molecular weight excluding hydrogens is 385 g/mol. The standard InChI is InChI=1S/C18H18F5N3S/c19-12-11(13(20)15(22)16(23)14(12)21)7-24-26-17(27)25-18-4-8-1-9(5-18)3-10(2-8)6-18/h7-10H,1-6H2,(H2,25,26,27)/b24-7-. The van der Waals surface area contributed by atoms with Gasteiger partial charge in [0, 0.05) is 5.54 Å². The Bertz CT molecular complexity index is 761. The molecule has 4 saturated carbocycles. The first-order valence-electron chi connectivity index (χ1n) is 8.90. The molecule has 4 fully saturated rings. The van der Waals surface area contributed by atoms with E-state index in [4.69, 9.17) is 12.2 Å². The second-order valence-corrected chi connectivity index (χ2v) is 8.41. The zero-order valence-corrected chi connectivity index (χ0v) is 15.1. The van der Waals surface area contributed by atoms with Crippen LogP contribution in [0.2, 0.25) is 0 Å². The number of hydrazone groups is 1. The fourth-order valence-corrected chi connectivity index (χ4v) is 5.69. The number of halogens is 5. The lowest BCUT2D eigenvalue weighted by molar-refractivity contribution is -0.0101. The molecule has 4 aliphatic carbocycles. The highest BCUT2D eigenvalue weighted by Crippen LogP contribution is 2.55. The summed E-state index contributed by atoms with van der Waals surface area (Å²) in [6.07, 6.45) is 7.43. The number of nitrogens with zero attached hydrogens (tertiary/aromatic N) is 1. The first kappa shape index (κ1) is 18.6. The van der Waals surface area contributed by atoms with Gasteiger partial charge >= 0.3 is 0 Å². The Morgan fingerprint density at radius 3 is 1.78 bits per heavy atom. The summed E-state index contributed by atoms with van der Waals surface area (Å²) in [6.45, 7) is 0. The third kappa shape index (κ3) is 3.30. The maximum Gasteiger partial charge on any atom is 0.200 e. The highest BCUT2D eigenvalue weighted by Gasteiger charge is 2.51. The topological polar surface area (TPSA) is 36.4 Å². The van der Waals surface area contributed by atoms with Crippen molar-refractivity contribution in [2.45, 2.75) is 44.1 Å². The average molecular weight is 403 g/mol. The van der Waals surface area contributed by atoms with Crippen LogP contribution in [0, 0.1) is 46.8 Å². The van der Waals surface area contributed by atoms with E-state index < -0.39 is 34.6 Å². The third-order valence-electron chi connectivity index (χ3n) is 6.02. The summed E-state index contributed by atoms with van der Waals surface area (Å²) >= 11 is 5.21. The molecule has 27 heavy (non-hydrogen) atoms. The molecule has 2 N–H and O–H groups in total. The average Bonchev–Trinajstić information content (AvgIpc) is 2.59. The molecule has 0 aromatic heterocycles. The van der Waals surface area contributed by atoms with Crippen molar-refractivity contribution >= 4 is 23.5 Å². The van der Waals surface area contributed by atoms with Gasteiger partial charge in [0.2, 0.25) is 5.82 Å². The van der Waals surface area contributed by atoms with Gasteiger partial charge in [-0.15, -0.1) is 0 Å². The molecule has 5 rings (SSSR count). The Balaban J connectivity index is 1.43. The molecule has 0 unspecified atom stereocenters. The predicted octanol–water partition coefficient (Wildman–Crippen LogP) is 4.15.